The Morgan fingerprint density at radius 3 is 2.53 bits per heavy atom. The van der Waals surface area contributed by atoms with Gasteiger partial charge in [-0.1, -0.05) is 73.3 Å². The summed E-state index contributed by atoms with van der Waals surface area (Å²) in [7, 11) is 0. The van der Waals surface area contributed by atoms with E-state index in [4.69, 9.17) is 23.2 Å². The first-order valence-corrected chi connectivity index (χ1v) is 6.46. The molecule has 0 saturated heterocycles. The first-order valence-electron chi connectivity index (χ1n) is 5.64. The van der Waals surface area contributed by atoms with Crippen LogP contribution in [-0.4, -0.2) is 0 Å². The molecule has 1 rings (SSSR count). The molecular weight excluding hydrogens is 253 g/mol. The van der Waals surface area contributed by atoms with Crippen LogP contribution in [0, 0.1) is 11.3 Å². The van der Waals surface area contributed by atoms with Crippen LogP contribution in [0.2, 0.25) is 0 Å². The lowest BCUT2D eigenvalue weighted by Gasteiger charge is -2.26. The van der Waals surface area contributed by atoms with Crippen molar-refractivity contribution in [1.29, 1.82) is 5.26 Å². The van der Waals surface area contributed by atoms with Crippen molar-refractivity contribution < 1.29 is 0 Å². The van der Waals surface area contributed by atoms with E-state index in [1.165, 1.54) is 5.54 Å². The number of unbranched alkanes of at least 4 members (excludes halogenated alkanes) is 1. The predicted molar refractivity (Wildman–Crippen MR) is 73.0 cm³/mol. The molecule has 0 saturated carbocycles. The Kier molecular flexibility index (Phi) is 5.55. The highest BCUT2D eigenvalue weighted by atomic mass is 35.5. The molecule has 0 radical (unpaired) electrons. The van der Waals surface area contributed by atoms with Gasteiger partial charge in [-0.3, -0.25) is 0 Å². The molecule has 0 fully saturated rings. The van der Waals surface area contributed by atoms with Gasteiger partial charge in [0.2, 0.25) is 0 Å². The molecule has 1 aromatic rings. The molecule has 0 spiro atoms. The SMILES string of the molecule is CCCCC(C#N)(/C(Cl)=C\Cl)c1ccccc1. The van der Waals surface area contributed by atoms with Gasteiger partial charge >= 0.3 is 0 Å². The summed E-state index contributed by atoms with van der Waals surface area (Å²) in [4.78, 5) is 0. The van der Waals surface area contributed by atoms with Gasteiger partial charge in [-0.05, 0) is 12.0 Å². The number of rotatable bonds is 5. The van der Waals surface area contributed by atoms with Crippen molar-refractivity contribution in [3.8, 4) is 6.07 Å². The number of benzene rings is 1. The van der Waals surface area contributed by atoms with E-state index >= 15 is 0 Å². The molecule has 0 N–H and O–H groups in total. The van der Waals surface area contributed by atoms with Gasteiger partial charge in [0, 0.05) is 5.54 Å². The molecule has 0 amide bonds. The van der Waals surface area contributed by atoms with E-state index in [9.17, 15) is 5.26 Å². The highest BCUT2D eigenvalue weighted by Gasteiger charge is 2.35. The smallest absolute Gasteiger partial charge is 0.118 e. The molecule has 0 bridgehead atoms. The van der Waals surface area contributed by atoms with Crippen molar-refractivity contribution in [2.24, 2.45) is 0 Å². The lowest BCUT2D eigenvalue weighted by atomic mass is 9.77. The number of allylic oxidation sites excluding steroid dienone is 1. The highest BCUT2D eigenvalue weighted by molar-refractivity contribution is 6.37. The molecule has 1 unspecified atom stereocenters. The van der Waals surface area contributed by atoms with Crippen molar-refractivity contribution >= 4 is 23.2 Å². The van der Waals surface area contributed by atoms with Crippen LogP contribution in [0.25, 0.3) is 0 Å². The number of hydrogen-bond acceptors (Lipinski definition) is 1. The Bertz CT molecular complexity index is 420. The number of hydrogen-bond donors (Lipinski definition) is 0. The minimum atomic E-state index is -0.805. The first kappa shape index (κ1) is 14.1. The Hall–Kier alpha value is -0.970. The van der Waals surface area contributed by atoms with Gasteiger partial charge in [-0.2, -0.15) is 5.26 Å². The maximum atomic E-state index is 9.52. The van der Waals surface area contributed by atoms with Gasteiger partial charge in [0.05, 0.1) is 11.1 Å². The largest absolute Gasteiger partial charge is 0.197 e. The Labute approximate surface area is 113 Å². The van der Waals surface area contributed by atoms with Gasteiger partial charge in [0.1, 0.15) is 5.41 Å². The van der Waals surface area contributed by atoms with Crippen LogP contribution in [0.3, 0.4) is 0 Å². The second-order valence-electron chi connectivity index (χ2n) is 3.94. The minimum Gasteiger partial charge on any atom is -0.197 e. The van der Waals surface area contributed by atoms with Crippen LogP contribution in [0.4, 0.5) is 0 Å². The zero-order valence-corrected chi connectivity index (χ0v) is 11.3. The van der Waals surface area contributed by atoms with Crippen LogP contribution in [0.5, 0.6) is 0 Å². The number of nitrogens with zero attached hydrogens (tertiary/aromatic N) is 1. The van der Waals surface area contributed by atoms with E-state index in [1.54, 1.807) is 0 Å². The summed E-state index contributed by atoms with van der Waals surface area (Å²) in [6.07, 6.45) is 2.64. The fraction of sp³-hybridized carbons (Fsp3) is 0.357. The van der Waals surface area contributed by atoms with E-state index < -0.39 is 5.41 Å². The van der Waals surface area contributed by atoms with Crippen molar-refractivity contribution in [2.45, 2.75) is 31.6 Å². The van der Waals surface area contributed by atoms with E-state index in [2.05, 4.69) is 13.0 Å². The summed E-state index contributed by atoms with van der Waals surface area (Å²) < 4.78 is 0. The van der Waals surface area contributed by atoms with E-state index in [0.29, 0.717) is 11.5 Å². The number of nitriles is 1. The standard InChI is InChI=1S/C14H15Cl2N/c1-2-3-9-14(11-17,13(16)10-15)12-7-5-4-6-8-12/h4-8,10H,2-3,9H2,1H3/b13-10+. The zero-order chi connectivity index (χ0) is 12.7. The summed E-state index contributed by atoms with van der Waals surface area (Å²) in [5.74, 6) is 0. The zero-order valence-electron chi connectivity index (χ0n) is 9.79. The third-order valence-electron chi connectivity index (χ3n) is 2.87. The van der Waals surface area contributed by atoms with Crippen LogP contribution >= 0.6 is 23.2 Å². The van der Waals surface area contributed by atoms with Gasteiger partial charge in [-0.25, -0.2) is 0 Å². The fourth-order valence-corrected chi connectivity index (χ4v) is 2.27. The van der Waals surface area contributed by atoms with Crippen molar-refractivity contribution in [3.05, 3.63) is 46.5 Å². The molecular formula is C14H15Cl2N. The van der Waals surface area contributed by atoms with Crippen molar-refractivity contribution in [1.82, 2.24) is 0 Å². The Morgan fingerprint density at radius 1 is 1.41 bits per heavy atom. The molecule has 0 heterocycles. The number of halogens is 2. The van der Waals surface area contributed by atoms with Gasteiger partial charge in [0.25, 0.3) is 0 Å². The Balaban J connectivity index is 3.23. The second-order valence-corrected chi connectivity index (χ2v) is 4.57. The molecule has 1 atom stereocenters. The molecule has 0 aliphatic rings. The summed E-state index contributed by atoms with van der Waals surface area (Å²) >= 11 is 11.9. The van der Waals surface area contributed by atoms with E-state index in [1.807, 2.05) is 30.3 Å². The summed E-state index contributed by atoms with van der Waals surface area (Å²) in [5.41, 5.74) is 1.39. The molecule has 3 heteroatoms. The highest BCUT2D eigenvalue weighted by Crippen LogP contribution is 2.39. The first-order chi connectivity index (χ1) is 8.21. The molecule has 1 aromatic carbocycles. The van der Waals surface area contributed by atoms with Crippen LogP contribution in [-0.2, 0) is 5.41 Å². The summed E-state index contributed by atoms with van der Waals surface area (Å²) in [6.45, 7) is 2.09. The molecule has 0 aliphatic heterocycles. The third kappa shape index (κ3) is 3.03. The maximum Gasteiger partial charge on any atom is 0.118 e. The van der Waals surface area contributed by atoms with Gasteiger partial charge in [0.15, 0.2) is 0 Å². The molecule has 90 valence electrons. The lowest BCUT2D eigenvalue weighted by molar-refractivity contribution is 0.564. The predicted octanol–water partition coefficient (Wildman–Crippen LogP) is 4.96. The quantitative estimate of drug-likeness (QED) is 0.740. The normalized spacial score (nSPS) is 15.1. The molecule has 17 heavy (non-hydrogen) atoms. The summed E-state index contributed by atoms with van der Waals surface area (Å²) in [6, 6.07) is 11.9. The van der Waals surface area contributed by atoms with Crippen molar-refractivity contribution in [2.75, 3.05) is 0 Å². The average Bonchev–Trinajstić information content (AvgIpc) is 2.41. The fourth-order valence-electron chi connectivity index (χ4n) is 1.83. The molecule has 1 nitrogen and oxygen atoms in total. The van der Waals surface area contributed by atoms with Gasteiger partial charge in [-0.15, -0.1) is 0 Å². The summed E-state index contributed by atoms with van der Waals surface area (Å²) in [5, 5.41) is 9.91. The van der Waals surface area contributed by atoms with Crippen LogP contribution in [0.15, 0.2) is 40.9 Å². The maximum absolute atomic E-state index is 9.52. The molecule has 0 aliphatic carbocycles. The topological polar surface area (TPSA) is 23.8 Å². The minimum absolute atomic E-state index is 0.390. The van der Waals surface area contributed by atoms with Crippen LogP contribution in [0.1, 0.15) is 31.7 Å². The van der Waals surface area contributed by atoms with Gasteiger partial charge < -0.3 is 0 Å². The average molecular weight is 268 g/mol. The Morgan fingerprint density at radius 2 is 2.06 bits per heavy atom. The van der Waals surface area contributed by atoms with E-state index in [-0.39, 0.29) is 0 Å². The lowest BCUT2D eigenvalue weighted by Crippen LogP contribution is -2.24. The van der Waals surface area contributed by atoms with E-state index in [0.717, 1.165) is 18.4 Å². The third-order valence-corrected chi connectivity index (χ3v) is 3.63. The van der Waals surface area contributed by atoms with Crippen LogP contribution < -0.4 is 0 Å². The van der Waals surface area contributed by atoms with Crippen molar-refractivity contribution in [3.63, 3.8) is 0 Å². The second kappa shape index (κ2) is 6.69. The monoisotopic (exact) mass is 267 g/mol. The molecule has 0 aromatic heterocycles.